The third-order valence-electron chi connectivity index (χ3n) is 2.22. The Kier molecular flexibility index (Phi) is 8.46. The number of hydrogen-bond donors (Lipinski definition) is 2. The summed E-state index contributed by atoms with van der Waals surface area (Å²) in [5, 5.41) is 12.5. The van der Waals surface area contributed by atoms with Crippen molar-refractivity contribution in [2.45, 2.75) is 65.0 Å². The normalized spacial score (nSPS) is 15.7. The lowest BCUT2D eigenvalue weighted by molar-refractivity contribution is 0.170. The Morgan fingerprint density at radius 3 is 2.38 bits per heavy atom. The number of rotatable bonds is 8. The molecule has 0 spiro atoms. The zero-order chi connectivity index (χ0) is 10.1. The quantitative estimate of drug-likeness (QED) is 0.572. The van der Waals surface area contributed by atoms with Crippen molar-refractivity contribution >= 4 is 0 Å². The fourth-order valence-corrected chi connectivity index (χ4v) is 1.50. The van der Waals surface area contributed by atoms with Gasteiger partial charge in [0.05, 0.1) is 6.10 Å². The molecule has 0 amide bonds. The van der Waals surface area contributed by atoms with Gasteiger partial charge in [0.25, 0.3) is 0 Å². The van der Waals surface area contributed by atoms with E-state index in [4.69, 9.17) is 5.11 Å². The summed E-state index contributed by atoms with van der Waals surface area (Å²) in [6, 6.07) is 0.446. The predicted molar refractivity (Wildman–Crippen MR) is 57.9 cm³/mol. The zero-order valence-corrected chi connectivity index (χ0v) is 9.34. The molecule has 0 heterocycles. The van der Waals surface area contributed by atoms with Crippen LogP contribution in [0, 0.1) is 0 Å². The number of unbranched alkanes of at least 4 members (excludes halogenated alkanes) is 3. The SMILES string of the molecule is CCCCCCNC(C)CC(C)O. The minimum absolute atomic E-state index is 0.182. The van der Waals surface area contributed by atoms with Gasteiger partial charge in [-0.25, -0.2) is 0 Å². The van der Waals surface area contributed by atoms with Crippen molar-refractivity contribution in [3.8, 4) is 0 Å². The maximum Gasteiger partial charge on any atom is 0.0526 e. The van der Waals surface area contributed by atoms with Crippen LogP contribution in [-0.4, -0.2) is 23.8 Å². The Hall–Kier alpha value is -0.0800. The second-order valence-electron chi connectivity index (χ2n) is 4.00. The Bertz CT molecular complexity index is 104. The Morgan fingerprint density at radius 2 is 1.85 bits per heavy atom. The molecule has 0 saturated carbocycles. The van der Waals surface area contributed by atoms with E-state index in [-0.39, 0.29) is 6.10 Å². The molecule has 0 aliphatic rings. The highest BCUT2D eigenvalue weighted by molar-refractivity contribution is 4.63. The summed E-state index contributed by atoms with van der Waals surface area (Å²) in [7, 11) is 0. The van der Waals surface area contributed by atoms with Crippen LogP contribution in [0.25, 0.3) is 0 Å². The highest BCUT2D eigenvalue weighted by atomic mass is 16.3. The summed E-state index contributed by atoms with van der Waals surface area (Å²) in [4.78, 5) is 0. The van der Waals surface area contributed by atoms with Gasteiger partial charge in [0.15, 0.2) is 0 Å². The predicted octanol–water partition coefficient (Wildman–Crippen LogP) is 2.32. The molecule has 0 aromatic carbocycles. The molecule has 0 bridgehead atoms. The van der Waals surface area contributed by atoms with Crippen LogP contribution in [0.15, 0.2) is 0 Å². The van der Waals surface area contributed by atoms with Crippen molar-refractivity contribution in [3.63, 3.8) is 0 Å². The molecule has 0 aromatic rings. The molecule has 0 fully saturated rings. The van der Waals surface area contributed by atoms with E-state index in [9.17, 15) is 0 Å². The lowest BCUT2D eigenvalue weighted by atomic mass is 10.1. The van der Waals surface area contributed by atoms with Crippen molar-refractivity contribution in [1.29, 1.82) is 0 Å². The molecule has 13 heavy (non-hydrogen) atoms. The van der Waals surface area contributed by atoms with Gasteiger partial charge in [-0.05, 0) is 33.2 Å². The van der Waals surface area contributed by atoms with Crippen LogP contribution in [0.3, 0.4) is 0 Å². The summed E-state index contributed by atoms with van der Waals surface area (Å²) < 4.78 is 0. The Labute approximate surface area is 82.7 Å². The lowest BCUT2D eigenvalue weighted by Gasteiger charge is -2.14. The molecule has 0 radical (unpaired) electrons. The van der Waals surface area contributed by atoms with Gasteiger partial charge in [-0.15, -0.1) is 0 Å². The molecule has 0 aliphatic heterocycles. The van der Waals surface area contributed by atoms with Crippen LogP contribution in [0.4, 0.5) is 0 Å². The topological polar surface area (TPSA) is 32.3 Å². The van der Waals surface area contributed by atoms with Crippen molar-refractivity contribution in [2.75, 3.05) is 6.54 Å². The fourth-order valence-electron chi connectivity index (χ4n) is 1.50. The number of aliphatic hydroxyl groups is 1. The van der Waals surface area contributed by atoms with Crippen molar-refractivity contribution in [3.05, 3.63) is 0 Å². The monoisotopic (exact) mass is 187 g/mol. The van der Waals surface area contributed by atoms with Crippen LogP contribution < -0.4 is 5.32 Å². The smallest absolute Gasteiger partial charge is 0.0526 e. The van der Waals surface area contributed by atoms with Crippen molar-refractivity contribution in [1.82, 2.24) is 5.32 Å². The van der Waals surface area contributed by atoms with Crippen molar-refractivity contribution < 1.29 is 5.11 Å². The lowest BCUT2D eigenvalue weighted by Crippen LogP contribution is -2.29. The highest BCUT2D eigenvalue weighted by Crippen LogP contribution is 1.99. The molecule has 2 N–H and O–H groups in total. The largest absolute Gasteiger partial charge is 0.393 e. The zero-order valence-electron chi connectivity index (χ0n) is 9.34. The maximum atomic E-state index is 9.12. The minimum Gasteiger partial charge on any atom is -0.393 e. The third-order valence-corrected chi connectivity index (χ3v) is 2.22. The minimum atomic E-state index is -0.182. The third kappa shape index (κ3) is 9.84. The van der Waals surface area contributed by atoms with E-state index in [0.29, 0.717) is 6.04 Å². The molecule has 0 saturated heterocycles. The van der Waals surface area contributed by atoms with Crippen molar-refractivity contribution in [2.24, 2.45) is 0 Å². The van der Waals surface area contributed by atoms with Gasteiger partial charge in [-0.2, -0.15) is 0 Å². The van der Waals surface area contributed by atoms with Gasteiger partial charge < -0.3 is 10.4 Å². The van der Waals surface area contributed by atoms with E-state index < -0.39 is 0 Å². The summed E-state index contributed by atoms with van der Waals surface area (Å²) in [5.74, 6) is 0. The first-order valence-corrected chi connectivity index (χ1v) is 5.58. The Balaban J connectivity index is 3.12. The highest BCUT2D eigenvalue weighted by Gasteiger charge is 2.03. The maximum absolute atomic E-state index is 9.12. The number of aliphatic hydroxyl groups excluding tert-OH is 1. The molecule has 80 valence electrons. The number of hydrogen-bond acceptors (Lipinski definition) is 2. The summed E-state index contributed by atoms with van der Waals surface area (Å²) in [6.07, 6.45) is 5.89. The van der Waals surface area contributed by atoms with Gasteiger partial charge in [0, 0.05) is 6.04 Å². The summed E-state index contributed by atoms with van der Waals surface area (Å²) >= 11 is 0. The van der Waals surface area contributed by atoms with E-state index in [1.165, 1.54) is 25.7 Å². The van der Waals surface area contributed by atoms with Crippen LogP contribution in [-0.2, 0) is 0 Å². The van der Waals surface area contributed by atoms with E-state index >= 15 is 0 Å². The molecule has 2 nitrogen and oxygen atoms in total. The van der Waals surface area contributed by atoms with Gasteiger partial charge >= 0.3 is 0 Å². The van der Waals surface area contributed by atoms with Crippen LogP contribution in [0.2, 0.25) is 0 Å². The average Bonchev–Trinajstić information content (AvgIpc) is 2.02. The summed E-state index contributed by atoms with van der Waals surface area (Å²) in [5.41, 5.74) is 0. The molecule has 2 unspecified atom stereocenters. The van der Waals surface area contributed by atoms with Gasteiger partial charge in [0.2, 0.25) is 0 Å². The van der Waals surface area contributed by atoms with Crippen LogP contribution in [0.1, 0.15) is 52.9 Å². The molecule has 2 atom stereocenters. The van der Waals surface area contributed by atoms with E-state index in [2.05, 4.69) is 19.2 Å². The van der Waals surface area contributed by atoms with Crippen LogP contribution >= 0.6 is 0 Å². The number of nitrogens with one attached hydrogen (secondary N) is 1. The second kappa shape index (κ2) is 8.52. The van der Waals surface area contributed by atoms with E-state index in [1.54, 1.807) is 0 Å². The molecule has 0 aliphatic carbocycles. The fraction of sp³-hybridized carbons (Fsp3) is 1.00. The standard InChI is InChI=1S/C11H25NO/c1-4-5-6-7-8-12-10(2)9-11(3)13/h10-13H,4-9H2,1-3H3. The molecule has 0 rings (SSSR count). The summed E-state index contributed by atoms with van der Waals surface area (Å²) in [6.45, 7) is 7.29. The first-order valence-electron chi connectivity index (χ1n) is 5.58. The molecular formula is C11H25NO. The van der Waals surface area contributed by atoms with E-state index in [1.807, 2.05) is 6.92 Å². The van der Waals surface area contributed by atoms with E-state index in [0.717, 1.165) is 13.0 Å². The molecular weight excluding hydrogens is 162 g/mol. The molecule has 0 aromatic heterocycles. The van der Waals surface area contributed by atoms with Gasteiger partial charge in [0.1, 0.15) is 0 Å². The molecule has 2 heteroatoms. The van der Waals surface area contributed by atoms with Crippen LogP contribution in [0.5, 0.6) is 0 Å². The first kappa shape index (κ1) is 12.9. The first-order chi connectivity index (χ1) is 6.16. The van der Waals surface area contributed by atoms with Gasteiger partial charge in [-0.1, -0.05) is 26.2 Å². The van der Waals surface area contributed by atoms with Gasteiger partial charge in [-0.3, -0.25) is 0 Å². The Morgan fingerprint density at radius 1 is 1.15 bits per heavy atom. The second-order valence-corrected chi connectivity index (χ2v) is 4.00. The average molecular weight is 187 g/mol.